The Morgan fingerprint density at radius 1 is 1.25 bits per heavy atom. The van der Waals surface area contributed by atoms with E-state index < -0.39 is 28.7 Å². The number of imide groups is 1. The third-order valence-corrected chi connectivity index (χ3v) is 4.42. The maximum Gasteiger partial charge on any atom is 0.321 e. The Kier molecular flexibility index (Phi) is 6.63. The molecule has 1 unspecified atom stereocenters. The highest BCUT2D eigenvalue weighted by molar-refractivity contribution is 7.85. The van der Waals surface area contributed by atoms with E-state index >= 15 is 0 Å². The molecule has 1 aliphatic rings. The summed E-state index contributed by atoms with van der Waals surface area (Å²) in [5.74, 6) is -0.652. The number of carbonyl (C=O) groups excluding carboxylic acids is 2. The SMILES string of the molecule is CC(CC(=O)O)CC(=O)NC(=O)NC1CCS(=O)CC1. The lowest BCUT2D eigenvalue weighted by atomic mass is 10.0. The highest BCUT2D eigenvalue weighted by Gasteiger charge is 2.21. The van der Waals surface area contributed by atoms with Crippen molar-refractivity contribution < 1.29 is 23.7 Å². The van der Waals surface area contributed by atoms with E-state index in [1.807, 2.05) is 0 Å². The number of carboxylic acid groups (broad SMARTS) is 1. The summed E-state index contributed by atoms with van der Waals surface area (Å²) in [7, 11) is -0.794. The second kappa shape index (κ2) is 7.98. The molecule has 1 fully saturated rings. The van der Waals surface area contributed by atoms with E-state index in [4.69, 9.17) is 5.11 Å². The van der Waals surface area contributed by atoms with Crippen LogP contribution in [0.5, 0.6) is 0 Å². The number of hydrogen-bond donors (Lipinski definition) is 3. The summed E-state index contributed by atoms with van der Waals surface area (Å²) in [6.45, 7) is 1.64. The number of carboxylic acids is 1. The zero-order valence-electron chi connectivity index (χ0n) is 11.4. The summed E-state index contributed by atoms with van der Waals surface area (Å²) in [6, 6.07) is -0.632. The smallest absolute Gasteiger partial charge is 0.321 e. The number of hydrogen-bond acceptors (Lipinski definition) is 4. The van der Waals surface area contributed by atoms with Crippen LogP contribution in [0.2, 0.25) is 0 Å². The van der Waals surface area contributed by atoms with Crippen LogP contribution < -0.4 is 10.6 Å². The van der Waals surface area contributed by atoms with Crippen LogP contribution in [-0.4, -0.2) is 44.8 Å². The molecule has 1 saturated heterocycles. The lowest BCUT2D eigenvalue weighted by Crippen LogP contribution is -2.46. The second-order valence-corrected chi connectivity index (χ2v) is 6.75. The predicted molar refractivity (Wildman–Crippen MR) is 73.6 cm³/mol. The molecule has 1 atom stereocenters. The molecule has 1 heterocycles. The van der Waals surface area contributed by atoms with Gasteiger partial charge < -0.3 is 10.4 Å². The predicted octanol–water partition coefficient (Wildman–Crippen LogP) is 0.224. The molecule has 0 bridgehead atoms. The van der Waals surface area contributed by atoms with Crippen molar-refractivity contribution in [2.75, 3.05) is 11.5 Å². The van der Waals surface area contributed by atoms with Gasteiger partial charge in [0.25, 0.3) is 0 Å². The first-order chi connectivity index (χ1) is 9.36. The molecule has 20 heavy (non-hydrogen) atoms. The summed E-state index contributed by atoms with van der Waals surface area (Å²) in [5, 5.41) is 13.4. The van der Waals surface area contributed by atoms with Crippen molar-refractivity contribution in [3.8, 4) is 0 Å². The highest BCUT2D eigenvalue weighted by Crippen LogP contribution is 2.09. The number of amides is 3. The second-order valence-electron chi connectivity index (χ2n) is 5.05. The van der Waals surface area contributed by atoms with Gasteiger partial charge in [-0.2, -0.15) is 0 Å². The van der Waals surface area contributed by atoms with E-state index in [-0.39, 0.29) is 24.8 Å². The van der Waals surface area contributed by atoms with Gasteiger partial charge in [-0.05, 0) is 18.8 Å². The molecule has 0 aromatic heterocycles. The lowest BCUT2D eigenvalue weighted by molar-refractivity contribution is -0.138. The fourth-order valence-electron chi connectivity index (χ4n) is 2.02. The Bertz CT molecular complexity index is 403. The van der Waals surface area contributed by atoms with Crippen molar-refractivity contribution >= 4 is 28.7 Å². The van der Waals surface area contributed by atoms with Gasteiger partial charge >= 0.3 is 12.0 Å². The Morgan fingerprint density at radius 3 is 2.40 bits per heavy atom. The van der Waals surface area contributed by atoms with Gasteiger partial charge in [-0.3, -0.25) is 19.1 Å². The molecular formula is C12H20N2O5S. The van der Waals surface area contributed by atoms with Crippen molar-refractivity contribution in [2.24, 2.45) is 5.92 Å². The van der Waals surface area contributed by atoms with E-state index in [2.05, 4.69) is 10.6 Å². The molecule has 3 N–H and O–H groups in total. The maximum atomic E-state index is 11.6. The van der Waals surface area contributed by atoms with Crippen LogP contribution in [0.4, 0.5) is 4.79 Å². The molecule has 0 saturated carbocycles. The number of aliphatic carboxylic acids is 1. The highest BCUT2D eigenvalue weighted by atomic mass is 32.2. The standard InChI is InChI=1S/C12H20N2O5S/c1-8(7-11(16)17)6-10(15)14-12(18)13-9-2-4-20(19)5-3-9/h8-9H,2-7H2,1H3,(H,16,17)(H2,13,14,15,18). The van der Waals surface area contributed by atoms with E-state index in [1.54, 1.807) is 6.92 Å². The number of nitrogens with one attached hydrogen (secondary N) is 2. The quantitative estimate of drug-likeness (QED) is 0.673. The van der Waals surface area contributed by atoms with E-state index in [0.29, 0.717) is 24.3 Å². The Balaban J connectivity index is 2.26. The average Bonchev–Trinajstić information content (AvgIpc) is 2.30. The maximum absolute atomic E-state index is 11.6. The summed E-state index contributed by atoms with van der Waals surface area (Å²) >= 11 is 0. The van der Waals surface area contributed by atoms with Crippen molar-refractivity contribution in [1.29, 1.82) is 0 Å². The minimum Gasteiger partial charge on any atom is -0.481 e. The molecule has 8 heteroatoms. The molecule has 0 radical (unpaired) electrons. The molecular weight excluding hydrogens is 284 g/mol. The van der Waals surface area contributed by atoms with Crippen LogP contribution in [0.3, 0.4) is 0 Å². The van der Waals surface area contributed by atoms with Gasteiger partial charge in [-0.25, -0.2) is 4.79 Å². The molecule has 1 rings (SSSR count). The third kappa shape index (κ3) is 6.65. The van der Waals surface area contributed by atoms with Gasteiger partial charge in [-0.15, -0.1) is 0 Å². The van der Waals surface area contributed by atoms with E-state index in [0.717, 1.165) is 0 Å². The first-order valence-corrected chi connectivity index (χ1v) is 8.02. The Morgan fingerprint density at radius 2 is 1.85 bits per heavy atom. The van der Waals surface area contributed by atoms with Crippen LogP contribution in [0.1, 0.15) is 32.6 Å². The van der Waals surface area contributed by atoms with E-state index in [1.165, 1.54) is 0 Å². The summed E-state index contributed by atoms with van der Waals surface area (Å²) in [4.78, 5) is 33.6. The van der Waals surface area contributed by atoms with E-state index in [9.17, 15) is 18.6 Å². The largest absolute Gasteiger partial charge is 0.481 e. The lowest BCUT2D eigenvalue weighted by Gasteiger charge is -2.22. The van der Waals surface area contributed by atoms with Crippen LogP contribution in [0.15, 0.2) is 0 Å². The summed E-state index contributed by atoms with van der Waals surface area (Å²) in [5.41, 5.74) is 0. The minimum atomic E-state index is -0.968. The molecule has 3 amide bonds. The van der Waals surface area contributed by atoms with Crippen molar-refractivity contribution in [3.63, 3.8) is 0 Å². The normalized spacial score (nSPS) is 23.6. The number of carbonyl (C=O) groups is 3. The van der Waals surface area contributed by atoms with Gasteiger partial charge in [0.2, 0.25) is 5.91 Å². The molecule has 114 valence electrons. The van der Waals surface area contributed by atoms with Crippen LogP contribution in [-0.2, 0) is 20.4 Å². The molecule has 7 nitrogen and oxygen atoms in total. The molecule has 0 spiro atoms. The van der Waals surface area contributed by atoms with Crippen LogP contribution in [0.25, 0.3) is 0 Å². The zero-order chi connectivity index (χ0) is 15.1. The van der Waals surface area contributed by atoms with Crippen molar-refractivity contribution in [3.05, 3.63) is 0 Å². The number of rotatable bonds is 5. The average molecular weight is 304 g/mol. The van der Waals surface area contributed by atoms with Gasteiger partial charge in [0.1, 0.15) is 0 Å². The summed E-state index contributed by atoms with van der Waals surface area (Å²) in [6.07, 6.45) is 1.17. The third-order valence-electron chi connectivity index (χ3n) is 3.03. The van der Waals surface area contributed by atoms with Crippen molar-refractivity contribution in [2.45, 2.75) is 38.6 Å². The van der Waals surface area contributed by atoms with Gasteiger partial charge in [0.15, 0.2) is 0 Å². The van der Waals surface area contributed by atoms with Gasteiger partial charge in [0, 0.05) is 41.2 Å². The fourth-order valence-corrected chi connectivity index (χ4v) is 3.32. The monoisotopic (exact) mass is 304 g/mol. The Hall–Kier alpha value is -1.44. The first kappa shape index (κ1) is 16.6. The van der Waals surface area contributed by atoms with Crippen LogP contribution in [0, 0.1) is 5.92 Å². The minimum absolute atomic E-state index is 0.00555. The Labute approximate surface area is 120 Å². The molecule has 1 aliphatic heterocycles. The molecule has 0 aromatic rings. The van der Waals surface area contributed by atoms with Gasteiger partial charge in [-0.1, -0.05) is 6.92 Å². The topological polar surface area (TPSA) is 113 Å². The molecule has 0 aliphatic carbocycles. The fraction of sp³-hybridized carbons (Fsp3) is 0.750. The van der Waals surface area contributed by atoms with Crippen molar-refractivity contribution in [1.82, 2.24) is 10.6 Å². The van der Waals surface area contributed by atoms with Gasteiger partial charge in [0.05, 0.1) is 0 Å². The number of urea groups is 1. The first-order valence-electron chi connectivity index (χ1n) is 6.54. The zero-order valence-corrected chi connectivity index (χ0v) is 12.2. The molecule has 0 aromatic carbocycles. The summed E-state index contributed by atoms with van der Waals surface area (Å²) < 4.78 is 11.2. The van der Waals surface area contributed by atoms with Crippen LogP contribution >= 0.6 is 0 Å².